The van der Waals surface area contributed by atoms with Crippen molar-refractivity contribution < 1.29 is 23.9 Å². The van der Waals surface area contributed by atoms with E-state index < -0.39 is 36.0 Å². The summed E-state index contributed by atoms with van der Waals surface area (Å²) in [6.45, 7) is 5.06. The first-order chi connectivity index (χ1) is 7.69. The van der Waals surface area contributed by atoms with Gasteiger partial charge in [-0.1, -0.05) is 0 Å². The fourth-order valence-corrected chi connectivity index (χ4v) is 1.15. The van der Waals surface area contributed by atoms with Crippen LogP contribution in [0.5, 0.6) is 0 Å². The second-order valence-corrected chi connectivity index (χ2v) is 4.49. The molecule has 0 aromatic heterocycles. The van der Waals surface area contributed by atoms with E-state index in [1.54, 1.807) is 20.8 Å². The molecule has 3 amide bonds. The molecule has 8 nitrogen and oxygen atoms in total. The number of β-lactam (4-membered cyclic amide) rings is 1. The first-order valence-corrected chi connectivity index (χ1v) is 4.95. The van der Waals surface area contributed by atoms with Gasteiger partial charge in [-0.25, -0.2) is 9.59 Å². The topological polar surface area (TPSA) is 120 Å². The van der Waals surface area contributed by atoms with E-state index >= 15 is 0 Å². The molecule has 8 heteroatoms. The van der Waals surface area contributed by atoms with E-state index in [1.807, 2.05) is 0 Å². The summed E-state index contributed by atoms with van der Waals surface area (Å²) >= 11 is 0. The van der Waals surface area contributed by atoms with Crippen molar-refractivity contribution in [3.63, 3.8) is 0 Å². The van der Waals surface area contributed by atoms with Crippen molar-refractivity contribution in [1.29, 1.82) is 0 Å². The highest BCUT2D eigenvalue weighted by Gasteiger charge is 2.43. The van der Waals surface area contributed by atoms with Crippen molar-refractivity contribution in [2.45, 2.75) is 38.6 Å². The summed E-state index contributed by atoms with van der Waals surface area (Å²) in [5.41, 5.74) is 4.11. The third-order valence-electron chi connectivity index (χ3n) is 1.79. The molecule has 4 N–H and O–H groups in total. The van der Waals surface area contributed by atoms with Gasteiger partial charge in [-0.2, -0.15) is 0 Å². The van der Waals surface area contributed by atoms with Gasteiger partial charge < -0.3 is 25.8 Å². The number of carbonyl (C=O) groups excluding carboxylic acids is 3. The van der Waals surface area contributed by atoms with Gasteiger partial charge in [0.25, 0.3) is 5.91 Å². The molecular formula is C9H15N3O5. The highest BCUT2D eigenvalue weighted by molar-refractivity contribution is 5.92. The predicted molar refractivity (Wildman–Crippen MR) is 55.8 cm³/mol. The summed E-state index contributed by atoms with van der Waals surface area (Å²) in [6.07, 6.45) is -2.76. The Balaban J connectivity index is 2.47. The molecule has 0 saturated carbocycles. The molecule has 1 rings (SSSR count). The smallest absolute Gasteiger partial charge is 0.408 e. The maximum Gasteiger partial charge on any atom is 0.408 e. The van der Waals surface area contributed by atoms with Gasteiger partial charge in [0.2, 0.25) is 6.23 Å². The van der Waals surface area contributed by atoms with Gasteiger partial charge in [0, 0.05) is 0 Å². The Bertz CT molecular complexity index is 349. The molecule has 2 unspecified atom stereocenters. The first-order valence-electron chi connectivity index (χ1n) is 4.95. The SMILES string of the molecule is CC(C)(C)OC(=O)NC1C(=O)NC1OC(N)=O. The zero-order valence-corrected chi connectivity index (χ0v) is 9.77. The fourth-order valence-electron chi connectivity index (χ4n) is 1.15. The zero-order chi connectivity index (χ0) is 13.2. The molecule has 17 heavy (non-hydrogen) atoms. The van der Waals surface area contributed by atoms with Gasteiger partial charge in [0.05, 0.1) is 0 Å². The van der Waals surface area contributed by atoms with E-state index in [2.05, 4.69) is 15.4 Å². The average Bonchev–Trinajstić information content (AvgIpc) is 2.10. The number of amides is 3. The molecule has 2 atom stereocenters. The van der Waals surface area contributed by atoms with Crippen LogP contribution in [0.15, 0.2) is 0 Å². The molecule has 0 aliphatic carbocycles. The Morgan fingerprint density at radius 3 is 2.41 bits per heavy atom. The molecule has 1 aliphatic rings. The maximum absolute atomic E-state index is 11.4. The number of hydrogen-bond donors (Lipinski definition) is 3. The van der Waals surface area contributed by atoms with Gasteiger partial charge in [-0.3, -0.25) is 4.79 Å². The second-order valence-electron chi connectivity index (χ2n) is 4.49. The van der Waals surface area contributed by atoms with E-state index in [4.69, 9.17) is 10.5 Å². The molecule has 1 fully saturated rings. The van der Waals surface area contributed by atoms with Gasteiger partial charge in [-0.05, 0) is 20.8 Å². The highest BCUT2D eigenvalue weighted by atomic mass is 16.6. The number of alkyl carbamates (subject to hydrolysis) is 1. The van der Waals surface area contributed by atoms with Crippen LogP contribution in [0, 0.1) is 0 Å². The summed E-state index contributed by atoms with van der Waals surface area (Å²) in [5, 5.41) is 4.53. The minimum atomic E-state index is -1.04. The van der Waals surface area contributed by atoms with Crippen molar-refractivity contribution >= 4 is 18.1 Å². The average molecular weight is 245 g/mol. The largest absolute Gasteiger partial charge is 0.444 e. The highest BCUT2D eigenvalue weighted by Crippen LogP contribution is 2.11. The summed E-state index contributed by atoms with van der Waals surface area (Å²) in [7, 11) is 0. The van der Waals surface area contributed by atoms with E-state index in [-0.39, 0.29) is 0 Å². The Morgan fingerprint density at radius 1 is 1.41 bits per heavy atom. The number of primary amides is 1. The quantitative estimate of drug-likeness (QED) is 0.563. The minimum Gasteiger partial charge on any atom is -0.444 e. The summed E-state index contributed by atoms with van der Waals surface area (Å²) in [6, 6.07) is -0.975. The minimum absolute atomic E-state index is 0.470. The standard InChI is InChI=1S/C9H15N3O5/c1-9(2,3)17-8(15)11-4-5(13)12-6(4)16-7(10)14/h4,6H,1-3H3,(H2,10,14)(H,11,15)(H,12,13). The number of nitrogens with two attached hydrogens (primary N) is 1. The van der Waals surface area contributed by atoms with Crippen LogP contribution in [0.4, 0.5) is 9.59 Å². The van der Waals surface area contributed by atoms with Crippen molar-refractivity contribution in [1.82, 2.24) is 10.6 Å². The third kappa shape index (κ3) is 3.82. The van der Waals surface area contributed by atoms with Gasteiger partial charge >= 0.3 is 12.2 Å². The zero-order valence-electron chi connectivity index (χ0n) is 9.77. The Kier molecular flexibility index (Phi) is 3.45. The van der Waals surface area contributed by atoms with Gasteiger partial charge in [0.1, 0.15) is 5.60 Å². The van der Waals surface area contributed by atoms with Crippen molar-refractivity contribution in [2.24, 2.45) is 5.73 Å². The van der Waals surface area contributed by atoms with Gasteiger partial charge in [-0.15, -0.1) is 0 Å². The lowest BCUT2D eigenvalue weighted by Gasteiger charge is -2.35. The Labute approximate surface area is 97.8 Å². The predicted octanol–water partition coefficient (Wildman–Crippen LogP) is -0.569. The van der Waals surface area contributed by atoms with E-state index in [0.717, 1.165) is 0 Å². The van der Waals surface area contributed by atoms with Crippen LogP contribution in [0.1, 0.15) is 20.8 Å². The summed E-state index contributed by atoms with van der Waals surface area (Å²) < 4.78 is 9.48. The molecule has 0 aromatic carbocycles. The summed E-state index contributed by atoms with van der Waals surface area (Å²) in [4.78, 5) is 32.9. The Hall–Kier alpha value is -1.99. The van der Waals surface area contributed by atoms with E-state index in [1.165, 1.54) is 0 Å². The molecule has 1 aliphatic heterocycles. The van der Waals surface area contributed by atoms with Crippen LogP contribution in [0.25, 0.3) is 0 Å². The first kappa shape index (κ1) is 13.1. The van der Waals surface area contributed by atoms with Crippen LogP contribution in [-0.2, 0) is 14.3 Å². The molecular weight excluding hydrogens is 230 g/mol. The number of rotatable bonds is 2. The van der Waals surface area contributed by atoms with Gasteiger partial charge in [0.15, 0.2) is 6.04 Å². The molecule has 0 spiro atoms. The van der Waals surface area contributed by atoms with Crippen molar-refractivity contribution in [2.75, 3.05) is 0 Å². The number of nitrogens with one attached hydrogen (secondary N) is 2. The maximum atomic E-state index is 11.4. The molecule has 0 aromatic rings. The normalized spacial score (nSPS) is 23.1. The molecule has 0 bridgehead atoms. The van der Waals surface area contributed by atoms with Crippen LogP contribution in [0.3, 0.4) is 0 Å². The van der Waals surface area contributed by atoms with Crippen LogP contribution in [0.2, 0.25) is 0 Å². The lowest BCUT2D eigenvalue weighted by atomic mass is 10.1. The van der Waals surface area contributed by atoms with Crippen LogP contribution >= 0.6 is 0 Å². The molecule has 0 radical (unpaired) electrons. The van der Waals surface area contributed by atoms with Crippen LogP contribution < -0.4 is 16.4 Å². The van der Waals surface area contributed by atoms with Crippen molar-refractivity contribution in [3.05, 3.63) is 0 Å². The van der Waals surface area contributed by atoms with Crippen LogP contribution in [-0.4, -0.2) is 36.0 Å². The monoisotopic (exact) mass is 245 g/mol. The van der Waals surface area contributed by atoms with E-state index in [0.29, 0.717) is 0 Å². The second kappa shape index (κ2) is 4.48. The number of hydrogen-bond acceptors (Lipinski definition) is 5. The lowest BCUT2D eigenvalue weighted by molar-refractivity contribution is -0.141. The lowest BCUT2D eigenvalue weighted by Crippen LogP contribution is -2.70. The molecule has 1 saturated heterocycles. The molecule has 96 valence electrons. The Morgan fingerprint density at radius 2 is 2.00 bits per heavy atom. The molecule has 1 heterocycles. The fraction of sp³-hybridized carbons (Fsp3) is 0.667. The van der Waals surface area contributed by atoms with Crippen molar-refractivity contribution in [3.8, 4) is 0 Å². The number of ether oxygens (including phenoxy) is 2. The summed E-state index contributed by atoms with van der Waals surface area (Å²) in [5.74, 6) is -0.470. The number of carbonyl (C=O) groups is 3. The van der Waals surface area contributed by atoms with E-state index in [9.17, 15) is 14.4 Å². The third-order valence-corrected chi connectivity index (χ3v) is 1.79.